The van der Waals surface area contributed by atoms with Crippen molar-refractivity contribution in [3.63, 3.8) is 0 Å². The summed E-state index contributed by atoms with van der Waals surface area (Å²) in [6, 6.07) is 0.0989. The molecule has 1 spiro atoms. The van der Waals surface area contributed by atoms with Crippen LogP contribution in [0.5, 0.6) is 0 Å². The van der Waals surface area contributed by atoms with Crippen LogP contribution in [0.25, 0.3) is 0 Å². The molecule has 0 saturated heterocycles. The molecule has 3 saturated carbocycles. The first-order valence-electron chi connectivity index (χ1n) is 8.00. The maximum Gasteiger partial charge on any atom is 0.315 e. The predicted molar refractivity (Wildman–Crippen MR) is 75.4 cm³/mol. The van der Waals surface area contributed by atoms with E-state index in [1.807, 2.05) is 6.92 Å². The fourth-order valence-corrected chi connectivity index (χ4v) is 3.69. The largest absolute Gasteiger partial charge is 0.391 e. The van der Waals surface area contributed by atoms with E-state index in [1.54, 1.807) is 0 Å². The molecule has 5 heteroatoms. The number of urea groups is 1. The highest BCUT2D eigenvalue weighted by molar-refractivity contribution is 5.74. The highest BCUT2D eigenvalue weighted by Crippen LogP contribution is 2.57. The lowest BCUT2D eigenvalue weighted by atomic mass is 9.51. The van der Waals surface area contributed by atoms with Gasteiger partial charge in [-0.2, -0.15) is 0 Å². The molecule has 0 aromatic carbocycles. The second kappa shape index (κ2) is 5.53. The highest BCUT2D eigenvalue weighted by atomic mass is 16.5. The zero-order valence-electron chi connectivity index (χ0n) is 12.2. The molecular formula is C15H26N2O3. The molecule has 114 valence electrons. The van der Waals surface area contributed by atoms with Crippen LogP contribution in [-0.2, 0) is 4.74 Å². The molecule has 5 nitrogen and oxygen atoms in total. The Kier molecular flexibility index (Phi) is 3.91. The molecule has 20 heavy (non-hydrogen) atoms. The number of carbonyl (C=O) groups excluding carboxylic acids is 1. The normalized spacial score (nSPS) is 32.1. The fourth-order valence-electron chi connectivity index (χ4n) is 3.69. The van der Waals surface area contributed by atoms with Gasteiger partial charge in [0.2, 0.25) is 0 Å². The summed E-state index contributed by atoms with van der Waals surface area (Å²) in [6.45, 7) is 3.14. The molecule has 0 aromatic heterocycles. The molecule has 3 fully saturated rings. The van der Waals surface area contributed by atoms with Crippen LogP contribution in [0.3, 0.4) is 0 Å². The number of hydrogen-bond donors (Lipinski definition) is 3. The van der Waals surface area contributed by atoms with E-state index in [1.165, 1.54) is 6.42 Å². The van der Waals surface area contributed by atoms with Crippen molar-refractivity contribution < 1.29 is 14.6 Å². The number of aliphatic hydroxyl groups is 1. The Morgan fingerprint density at radius 3 is 2.75 bits per heavy atom. The quantitative estimate of drug-likeness (QED) is 0.690. The van der Waals surface area contributed by atoms with Gasteiger partial charge in [-0.05, 0) is 44.9 Å². The lowest BCUT2D eigenvalue weighted by Gasteiger charge is -2.60. The molecule has 3 aliphatic rings. The van der Waals surface area contributed by atoms with Crippen LogP contribution in [0, 0.1) is 11.3 Å². The van der Waals surface area contributed by atoms with Gasteiger partial charge in [-0.3, -0.25) is 0 Å². The van der Waals surface area contributed by atoms with E-state index in [0.29, 0.717) is 18.6 Å². The molecule has 0 aromatic rings. The molecule has 0 bridgehead atoms. The molecular weight excluding hydrogens is 256 g/mol. The van der Waals surface area contributed by atoms with Crippen molar-refractivity contribution in [2.45, 2.75) is 63.7 Å². The van der Waals surface area contributed by atoms with Crippen molar-refractivity contribution in [1.29, 1.82) is 0 Å². The Bertz CT molecular complexity index is 366. The summed E-state index contributed by atoms with van der Waals surface area (Å²) in [5.41, 5.74) is 0.197. The number of ether oxygens (including phenoxy) is 1. The van der Waals surface area contributed by atoms with Gasteiger partial charge < -0.3 is 20.5 Å². The Labute approximate surface area is 120 Å². The lowest BCUT2D eigenvalue weighted by molar-refractivity contribution is -0.169. The van der Waals surface area contributed by atoms with Gasteiger partial charge in [0, 0.05) is 24.6 Å². The summed E-state index contributed by atoms with van der Waals surface area (Å²) < 4.78 is 5.77. The van der Waals surface area contributed by atoms with Crippen LogP contribution < -0.4 is 10.6 Å². The van der Waals surface area contributed by atoms with Crippen LogP contribution >= 0.6 is 0 Å². The summed E-state index contributed by atoms with van der Waals surface area (Å²) >= 11 is 0. The average molecular weight is 282 g/mol. The molecule has 3 N–H and O–H groups in total. The minimum Gasteiger partial charge on any atom is -0.391 e. The van der Waals surface area contributed by atoms with Crippen LogP contribution in [0.2, 0.25) is 0 Å². The fraction of sp³-hybridized carbons (Fsp3) is 0.933. The molecule has 3 rings (SSSR count). The van der Waals surface area contributed by atoms with Crippen molar-refractivity contribution in [3.05, 3.63) is 0 Å². The van der Waals surface area contributed by atoms with Crippen LogP contribution in [-0.4, -0.2) is 42.5 Å². The number of amides is 2. The van der Waals surface area contributed by atoms with Crippen molar-refractivity contribution in [2.24, 2.45) is 11.3 Å². The first kappa shape index (κ1) is 14.1. The second-order valence-corrected chi connectivity index (χ2v) is 6.58. The molecule has 3 atom stereocenters. The van der Waals surface area contributed by atoms with Crippen LogP contribution in [0.1, 0.15) is 45.4 Å². The number of hydrogen-bond acceptors (Lipinski definition) is 3. The zero-order chi connectivity index (χ0) is 14.2. The molecule has 0 unspecified atom stereocenters. The Morgan fingerprint density at radius 2 is 2.20 bits per heavy atom. The third-order valence-electron chi connectivity index (χ3n) is 5.38. The molecule has 0 radical (unpaired) electrons. The number of rotatable bonds is 6. The third-order valence-corrected chi connectivity index (χ3v) is 5.38. The van der Waals surface area contributed by atoms with E-state index in [9.17, 15) is 9.90 Å². The van der Waals surface area contributed by atoms with Gasteiger partial charge >= 0.3 is 6.03 Å². The van der Waals surface area contributed by atoms with E-state index in [0.717, 1.165) is 38.7 Å². The Balaban J connectivity index is 1.42. The van der Waals surface area contributed by atoms with Gasteiger partial charge in [0.1, 0.15) is 0 Å². The summed E-state index contributed by atoms with van der Waals surface area (Å²) in [4.78, 5) is 11.9. The van der Waals surface area contributed by atoms with E-state index in [2.05, 4.69) is 10.6 Å². The maximum absolute atomic E-state index is 11.9. The number of carbonyl (C=O) groups is 1. The standard InChI is InChI=1S/C15H26N2O3/c1-2-20-13-8-12(15(13)6-3-7-15)17-14(19)16-9-11(18)10-4-5-10/h10-13,18H,2-9H2,1H3,(H2,16,17,19)/t11-,12+,13-/m1/s1. The van der Waals surface area contributed by atoms with Crippen LogP contribution in [0.4, 0.5) is 4.79 Å². The van der Waals surface area contributed by atoms with Gasteiger partial charge in [-0.1, -0.05) is 6.42 Å². The minimum absolute atomic E-state index is 0.143. The Morgan fingerprint density at radius 1 is 1.45 bits per heavy atom. The Hall–Kier alpha value is -0.810. The van der Waals surface area contributed by atoms with Crippen molar-refractivity contribution in [3.8, 4) is 0 Å². The van der Waals surface area contributed by atoms with Gasteiger partial charge in [0.05, 0.1) is 12.2 Å². The van der Waals surface area contributed by atoms with E-state index < -0.39 is 0 Å². The van der Waals surface area contributed by atoms with E-state index in [4.69, 9.17) is 4.74 Å². The second-order valence-electron chi connectivity index (χ2n) is 6.58. The predicted octanol–water partition coefficient (Wildman–Crippen LogP) is 1.40. The van der Waals surface area contributed by atoms with Crippen molar-refractivity contribution in [2.75, 3.05) is 13.2 Å². The smallest absolute Gasteiger partial charge is 0.315 e. The first-order chi connectivity index (χ1) is 9.65. The summed E-state index contributed by atoms with van der Waals surface area (Å²) in [7, 11) is 0. The van der Waals surface area contributed by atoms with Crippen LogP contribution in [0.15, 0.2) is 0 Å². The number of nitrogens with one attached hydrogen (secondary N) is 2. The summed E-state index contributed by atoms with van der Waals surface area (Å²) in [6.07, 6.45) is 6.61. The van der Waals surface area contributed by atoms with Gasteiger partial charge in [0.25, 0.3) is 0 Å². The SMILES string of the molecule is CCO[C@@H]1C[C@H](NC(=O)NC[C@@H](O)C2CC2)C12CCC2. The first-order valence-corrected chi connectivity index (χ1v) is 8.00. The molecule has 2 amide bonds. The highest BCUT2D eigenvalue weighted by Gasteiger charge is 2.59. The third kappa shape index (κ3) is 2.53. The molecule has 0 aliphatic heterocycles. The van der Waals surface area contributed by atoms with E-state index >= 15 is 0 Å². The summed E-state index contributed by atoms with van der Waals surface area (Å²) in [5.74, 6) is 0.402. The molecule has 0 heterocycles. The van der Waals surface area contributed by atoms with Gasteiger partial charge in [-0.15, -0.1) is 0 Å². The van der Waals surface area contributed by atoms with Crippen molar-refractivity contribution >= 4 is 6.03 Å². The van der Waals surface area contributed by atoms with E-state index in [-0.39, 0.29) is 23.6 Å². The topological polar surface area (TPSA) is 70.6 Å². The summed E-state index contributed by atoms with van der Waals surface area (Å²) in [5, 5.41) is 15.6. The zero-order valence-corrected chi connectivity index (χ0v) is 12.2. The number of aliphatic hydroxyl groups excluding tert-OH is 1. The van der Waals surface area contributed by atoms with Gasteiger partial charge in [0.15, 0.2) is 0 Å². The average Bonchev–Trinajstić information content (AvgIpc) is 3.16. The lowest BCUT2D eigenvalue weighted by Crippen LogP contribution is -2.68. The monoisotopic (exact) mass is 282 g/mol. The molecule has 3 aliphatic carbocycles. The minimum atomic E-state index is -0.379. The maximum atomic E-state index is 11.9. The van der Waals surface area contributed by atoms with Crippen molar-refractivity contribution in [1.82, 2.24) is 10.6 Å². The van der Waals surface area contributed by atoms with Gasteiger partial charge in [-0.25, -0.2) is 4.79 Å².